The van der Waals surface area contributed by atoms with Crippen molar-refractivity contribution < 1.29 is 9.66 Å². The molecule has 6 heteroatoms. The molecule has 6 nitrogen and oxygen atoms in total. The lowest BCUT2D eigenvalue weighted by Crippen LogP contribution is -2.13. The lowest BCUT2D eigenvalue weighted by Gasteiger charge is -2.09. The van der Waals surface area contributed by atoms with Crippen LogP contribution in [0.15, 0.2) is 12.1 Å². The number of methoxy groups -OCH3 is 1. The Morgan fingerprint density at radius 2 is 2.20 bits per heavy atom. The minimum absolute atomic E-state index is 0.0514. The van der Waals surface area contributed by atoms with E-state index in [1.54, 1.807) is 0 Å². The van der Waals surface area contributed by atoms with Gasteiger partial charge in [-0.1, -0.05) is 0 Å². The molecule has 0 aliphatic rings. The fourth-order valence-corrected chi connectivity index (χ4v) is 1.07. The summed E-state index contributed by atoms with van der Waals surface area (Å²) in [6, 6.07) is 2.91. The summed E-state index contributed by atoms with van der Waals surface area (Å²) in [6.07, 6.45) is 0. The number of hydrogen-bond acceptors (Lipinski definition) is 5. The van der Waals surface area contributed by atoms with Gasteiger partial charge >= 0.3 is 5.69 Å². The number of aromatic nitrogens is 1. The van der Waals surface area contributed by atoms with Gasteiger partial charge in [0.05, 0.1) is 12.0 Å². The van der Waals surface area contributed by atoms with Gasteiger partial charge in [0.1, 0.15) is 0 Å². The maximum absolute atomic E-state index is 10.7. The van der Waals surface area contributed by atoms with Crippen molar-refractivity contribution in [2.45, 2.75) is 19.9 Å². The summed E-state index contributed by atoms with van der Waals surface area (Å²) >= 11 is 0. The van der Waals surface area contributed by atoms with Crippen LogP contribution in [0.5, 0.6) is 5.88 Å². The molecule has 0 aliphatic heterocycles. The van der Waals surface area contributed by atoms with Gasteiger partial charge in [0.15, 0.2) is 0 Å². The van der Waals surface area contributed by atoms with Crippen molar-refractivity contribution in [2.24, 2.45) is 0 Å². The van der Waals surface area contributed by atoms with Crippen LogP contribution in [0, 0.1) is 10.1 Å². The zero-order valence-corrected chi connectivity index (χ0v) is 8.85. The maximum Gasteiger partial charge on any atom is 0.311 e. The molecule has 0 bridgehead atoms. The third-order valence-corrected chi connectivity index (χ3v) is 1.68. The predicted octanol–water partition coefficient (Wildman–Crippen LogP) is 1.82. The Kier molecular flexibility index (Phi) is 3.43. The Morgan fingerprint density at radius 3 is 2.67 bits per heavy atom. The predicted molar refractivity (Wildman–Crippen MR) is 56.2 cm³/mol. The van der Waals surface area contributed by atoms with E-state index < -0.39 is 4.92 Å². The molecule has 0 atom stereocenters. The fraction of sp³-hybridized carbons (Fsp3) is 0.444. The standard InChI is InChI=1S/C9H13N3O3/c1-6(2)10-9-7(12(13)14)4-5-8(11-9)15-3/h4-6H,1-3H3,(H,10,11). The van der Waals surface area contributed by atoms with Gasteiger partial charge in [-0.2, -0.15) is 4.98 Å². The average molecular weight is 211 g/mol. The number of nitrogens with one attached hydrogen (secondary N) is 1. The minimum Gasteiger partial charge on any atom is -0.481 e. The van der Waals surface area contributed by atoms with E-state index in [1.807, 2.05) is 13.8 Å². The molecule has 1 aromatic heterocycles. The first-order valence-electron chi connectivity index (χ1n) is 4.50. The van der Waals surface area contributed by atoms with Crippen molar-refractivity contribution in [1.82, 2.24) is 4.98 Å². The van der Waals surface area contributed by atoms with Crippen molar-refractivity contribution >= 4 is 11.5 Å². The Hall–Kier alpha value is -1.85. The monoisotopic (exact) mass is 211 g/mol. The van der Waals surface area contributed by atoms with Gasteiger partial charge in [-0.15, -0.1) is 0 Å². The van der Waals surface area contributed by atoms with E-state index in [1.165, 1.54) is 19.2 Å². The molecule has 15 heavy (non-hydrogen) atoms. The van der Waals surface area contributed by atoms with Crippen LogP contribution in [-0.4, -0.2) is 23.1 Å². The molecule has 0 spiro atoms. The van der Waals surface area contributed by atoms with Crippen LogP contribution in [0.25, 0.3) is 0 Å². The summed E-state index contributed by atoms with van der Waals surface area (Å²) in [5.41, 5.74) is -0.0514. The lowest BCUT2D eigenvalue weighted by molar-refractivity contribution is -0.384. The second kappa shape index (κ2) is 4.59. The highest BCUT2D eigenvalue weighted by Crippen LogP contribution is 2.25. The van der Waals surface area contributed by atoms with E-state index in [2.05, 4.69) is 10.3 Å². The second-order valence-electron chi connectivity index (χ2n) is 3.28. The van der Waals surface area contributed by atoms with E-state index in [-0.39, 0.29) is 17.5 Å². The van der Waals surface area contributed by atoms with Crippen molar-refractivity contribution in [2.75, 3.05) is 12.4 Å². The summed E-state index contributed by atoms with van der Waals surface area (Å²) in [5.74, 6) is 0.582. The van der Waals surface area contributed by atoms with Crippen LogP contribution in [0.2, 0.25) is 0 Å². The Bertz CT molecular complexity index is 366. The first-order chi connectivity index (χ1) is 7.04. The van der Waals surface area contributed by atoms with Gasteiger partial charge in [0.2, 0.25) is 11.7 Å². The molecule has 0 saturated carbocycles. The van der Waals surface area contributed by atoms with Crippen LogP contribution in [-0.2, 0) is 0 Å². The molecule has 0 aliphatic carbocycles. The molecule has 0 amide bonds. The molecule has 0 saturated heterocycles. The molecule has 0 unspecified atom stereocenters. The molecule has 1 rings (SSSR count). The van der Waals surface area contributed by atoms with Gasteiger partial charge in [-0.25, -0.2) is 0 Å². The Labute approximate surface area is 87.4 Å². The zero-order valence-electron chi connectivity index (χ0n) is 8.85. The number of anilines is 1. The number of rotatable bonds is 4. The quantitative estimate of drug-likeness (QED) is 0.607. The molecular weight excluding hydrogens is 198 g/mol. The highest BCUT2D eigenvalue weighted by molar-refractivity contribution is 5.57. The number of hydrogen-bond donors (Lipinski definition) is 1. The molecule has 0 fully saturated rings. The first kappa shape index (κ1) is 11.2. The van der Waals surface area contributed by atoms with E-state index in [9.17, 15) is 10.1 Å². The van der Waals surface area contributed by atoms with Gasteiger partial charge in [0.25, 0.3) is 0 Å². The second-order valence-corrected chi connectivity index (χ2v) is 3.28. The number of pyridine rings is 1. The highest BCUT2D eigenvalue weighted by atomic mass is 16.6. The first-order valence-corrected chi connectivity index (χ1v) is 4.50. The number of nitrogens with zero attached hydrogens (tertiary/aromatic N) is 2. The van der Waals surface area contributed by atoms with Gasteiger partial charge < -0.3 is 10.1 Å². The van der Waals surface area contributed by atoms with Gasteiger partial charge in [-0.05, 0) is 13.8 Å². The summed E-state index contributed by atoms with van der Waals surface area (Å²) in [5, 5.41) is 13.6. The third-order valence-electron chi connectivity index (χ3n) is 1.68. The van der Waals surface area contributed by atoms with E-state index in [0.717, 1.165) is 0 Å². The van der Waals surface area contributed by atoms with Crippen LogP contribution >= 0.6 is 0 Å². The maximum atomic E-state index is 10.7. The van der Waals surface area contributed by atoms with Crippen molar-refractivity contribution in [1.29, 1.82) is 0 Å². The van der Waals surface area contributed by atoms with Crippen LogP contribution in [0.3, 0.4) is 0 Å². The van der Waals surface area contributed by atoms with Crippen molar-refractivity contribution in [3.63, 3.8) is 0 Å². The molecule has 1 heterocycles. The SMILES string of the molecule is COc1ccc([N+](=O)[O-])c(NC(C)C)n1. The molecule has 0 radical (unpaired) electrons. The molecular formula is C9H13N3O3. The summed E-state index contributed by atoms with van der Waals surface area (Å²) in [7, 11) is 1.47. The normalized spacial score (nSPS) is 10.1. The minimum atomic E-state index is -0.475. The Morgan fingerprint density at radius 1 is 1.53 bits per heavy atom. The summed E-state index contributed by atoms with van der Waals surface area (Å²) in [4.78, 5) is 14.2. The van der Waals surface area contributed by atoms with Gasteiger partial charge in [-0.3, -0.25) is 10.1 Å². The molecule has 1 N–H and O–H groups in total. The summed E-state index contributed by atoms with van der Waals surface area (Å²) < 4.78 is 4.90. The Balaban J connectivity index is 3.10. The topological polar surface area (TPSA) is 77.3 Å². The number of nitro groups is 1. The largest absolute Gasteiger partial charge is 0.481 e. The number of ether oxygens (including phenoxy) is 1. The van der Waals surface area contributed by atoms with Crippen LogP contribution in [0.4, 0.5) is 11.5 Å². The molecule has 82 valence electrons. The average Bonchev–Trinajstić information content (AvgIpc) is 2.16. The van der Waals surface area contributed by atoms with E-state index in [4.69, 9.17) is 4.74 Å². The van der Waals surface area contributed by atoms with Crippen LogP contribution in [0.1, 0.15) is 13.8 Å². The molecule has 1 aromatic rings. The van der Waals surface area contributed by atoms with Gasteiger partial charge in [0, 0.05) is 18.2 Å². The van der Waals surface area contributed by atoms with Crippen molar-refractivity contribution in [3.8, 4) is 5.88 Å². The highest BCUT2D eigenvalue weighted by Gasteiger charge is 2.16. The fourth-order valence-electron chi connectivity index (χ4n) is 1.07. The third kappa shape index (κ3) is 2.80. The van der Waals surface area contributed by atoms with E-state index >= 15 is 0 Å². The smallest absolute Gasteiger partial charge is 0.311 e. The summed E-state index contributed by atoms with van der Waals surface area (Å²) in [6.45, 7) is 3.76. The van der Waals surface area contributed by atoms with E-state index in [0.29, 0.717) is 5.88 Å². The molecule has 0 aromatic carbocycles. The lowest BCUT2D eigenvalue weighted by atomic mass is 10.3. The van der Waals surface area contributed by atoms with Crippen molar-refractivity contribution in [3.05, 3.63) is 22.2 Å². The van der Waals surface area contributed by atoms with Crippen LogP contribution < -0.4 is 10.1 Å². The zero-order chi connectivity index (χ0) is 11.4.